The van der Waals surface area contributed by atoms with Crippen molar-refractivity contribution in [2.75, 3.05) is 0 Å². The van der Waals surface area contributed by atoms with Crippen LogP contribution in [0.5, 0.6) is 0 Å². The summed E-state index contributed by atoms with van der Waals surface area (Å²) < 4.78 is 0. The molecule has 0 radical (unpaired) electrons. The van der Waals surface area contributed by atoms with Crippen LogP contribution in [0, 0.1) is 6.92 Å². The maximum Gasteiger partial charge on any atom is 0.235 e. The molecule has 64 valence electrons. The van der Waals surface area contributed by atoms with E-state index < -0.39 is 5.54 Å². The molecule has 0 bridgehead atoms. The molecule has 0 saturated carbocycles. The highest BCUT2D eigenvalue weighted by atomic mass is 32.1. The van der Waals surface area contributed by atoms with Gasteiger partial charge >= 0.3 is 0 Å². The fraction of sp³-hybridized carbons (Fsp3) is 0.500. The zero-order valence-electron chi connectivity index (χ0n) is 7.29. The summed E-state index contributed by atoms with van der Waals surface area (Å²) in [5.41, 5.74) is 2.21. The molecule has 0 fully saturated rings. The molecule has 0 aliphatic rings. The standard InChI is InChI=1S/C8H10N2OS/c1-6-7(12-5-9-6)8(2,3)10-4-11/h5H,1-3H3. The first-order valence-electron chi connectivity index (χ1n) is 3.57. The third kappa shape index (κ3) is 1.60. The van der Waals surface area contributed by atoms with Crippen molar-refractivity contribution in [3.05, 3.63) is 16.1 Å². The average Bonchev–Trinajstić information content (AvgIpc) is 2.35. The van der Waals surface area contributed by atoms with E-state index in [1.807, 2.05) is 20.8 Å². The van der Waals surface area contributed by atoms with E-state index in [0.29, 0.717) is 0 Å². The van der Waals surface area contributed by atoms with E-state index in [4.69, 9.17) is 0 Å². The molecule has 0 amide bonds. The molecule has 0 aliphatic heterocycles. The Hall–Kier alpha value is -0.990. The molecule has 0 spiro atoms. The van der Waals surface area contributed by atoms with E-state index >= 15 is 0 Å². The average molecular weight is 182 g/mol. The van der Waals surface area contributed by atoms with Gasteiger partial charge in [-0.25, -0.2) is 9.78 Å². The van der Waals surface area contributed by atoms with Crippen LogP contribution >= 0.6 is 11.3 Å². The van der Waals surface area contributed by atoms with Crippen LogP contribution in [0.25, 0.3) is 0 Å². The number of hydrogen-bond donors (Lipinski definition) is 0. The number of aromatic nitrogens is 1. The number of aryl methyl sites for hydroxylation is 1. The van der Waals surface area contributed by atoms with Gasteiger partial charge in [-0.1, -0.05) is 0 Å². The number of thiazole rings is 1. The maximum atomic E-state index is 10.1. The molecule has 1 rings (SSSR count). The number of carbonyl (C=O) groups excluding carboxylic acids is 1. The minimum absolute atomic E-state index is 0.479. The Bertz CT molecular complexity index is 324. The van der Waals surface area contributed by atoms with Crippen molar-refractivity contribution in [2.45, 2.75) is 26.3 Å². The van der Waals surface area contributed by atoms with Gasteiger partial charge < -0.3 is 0 Å². The highest BCUT2D eigenvalue weighted by molar-refractivity contribution is 7.09. The first-order chi connectivity index (χ1) is 5.58. The molecule has 3 nitrogen and oxygen atoms in total. The predicted octanol–water partition coefficient (Wildman–Crippen LogP) is 2.02. The van der Waals surface area contributed by atoms with Gasteiger partial charge in [-0.3, -0.25) is 0 Å². The Balaban J connectivity index is 3.12. The summed E-state index contributed by atoms with van der Waals surface area (Å²) in [4.78, 5) is 19.0. The van der Waals surface area contributed by atoms with Crippen LogP contribution in [0.2, 0.25) is 0 Å². The highest BCUT2D eigenvalue weighted by Crippen LogP contribution is 2.29. The fourth-order valence-electron chi connectivity index (χ4n) is 1.05. The van der Waals surface area contributed by atoms with E-state index in [-0.39, 0.29) is 0 Å². The number of aliphatic imine (C=N–C) groups is 1. The summed E-state index contributed by atoms with van der Waals surface area (Å²) >= 11 is 1.51. The summed E-state index contributed by atoms with van der Waals surface area (Å²) in [6, 6.07) is 0. The second-order valence-electron chi connectivity index (χ2n) is 3.03. The fourth-order valence-corrected chi connectivity index (χ4v) is 1.93. The van der Waals surface area contributed by atoms with E-state index in [9.17, 15) is 4.79 Å². The van der Waals surface area contributed by atoms with Crippen LogP contribution in [0.1, 0.15) is 24.4 Å². The normalized spacial score (nSPS) is 10.9. The molecule has 1 heterocycles. The molecule has 0 unspecified atom stereocenters. The molecule has 1 aromatic rings. The molecule has 4 heteroatoms. The smallest absolute Gasteiger partial charge is 0.235 e. The third-order valence-electron chi connectivity index (χ3n) is 1.63. The van der Waals surface area contributed by atoms with Crippen LogP contribution in [-0.2, 0) is 10.3 Å². The summed E-state index contributed by atoms with van der Waals surface area (Å²) in [5.74, 6) is 0. The monoisotopic (exact) mass is 182 g/mol. The summed E-state index contributed by atoms with van der Waals surface area (Å²) in [6.07, 6.45) is 1.58. The van der Waals surface area contributed by atoms with Crippen LogP contribution in [0.4, 0.5) is 0 Å². The topological polar surface area (TPSA) is 42.3 Å². The highest BCUT2D eigenvalue weighted by Gasteiger charge is 2.23. The lowest BCUT2D eigenvalue weighted by atomic mass is 10.0. The SMILES string of the molecule is Cc1ncsc1C(C)(C)N=C=O. The summed E-state index contributed by atoms with van der Waals surface area (Å²) in [7, 11) is 0. The molecule has 1 aromatic heterocycles. The lowest BCUT2D eigenvalue weighted by molar-refractivity contribution is 0.526. The second kappa shape index (κ2) is 3.17. The van der Waals surface area contributed by atoms with E-state index in [1.165, 1.54) is 11.3 Å². The molecular weight excluding hydrogens is 172 g/mol. The molecule has 0 atom stereocenters. The lowest BCUT2D eigenvalue weighted by Crippen LogP contribution is -2.12. The zero-order valence-corrected chi connectivity index (χ0v) is 8.10. The summed E-state index contributed by atoms with van der Waals surface area (Å²) in [5, 5.41) is 0. The van der Waals surface area contributed by atoms with Crippen molar-refractivity contribution in [2.24, 2.45) is 4.99 Å². The molecule has 0 saturated heterocycles. The van der Waals surface area contributed by atoms with Gasteiger partial charge in [-0.2, -0.15) is 4.99 Å². The van der Waals surface area contributed by atoms with Crippen LogP contribution in [-0.4, -0.2) is 11.1 Å². The van der Waals surface area contributed by atoms with Crippen LogP contribution in [0.15, 0.2) is 10.5 Å². The number of rotatable bonds is 2. The Labute approximate surface area is 75.2 Å². The van der Waals surface area contributed by atoms with Crippen molar-refractivity contribution in [3.63, 3.8) is 0 Å². The van der Waals surface area contributed by atoms with Gasteiger partial charge in [0.25, 0.3) is 0 Å². The first-order valence-corrected chi connectivity index (χ1v) is 4.45. The molecular formula is C8H10N2OS. The van der Waals surface area contributed by atoms with E-state index in [0.717, 1.165) is 10.6 Å². The summed E-state index contributed by atoms with van der Waals surface area (Å²) in [6.45, 7) is 5.66. The number of nitrogens with zero attached hydrogens (tertiary/aromatic N) is 2. The largest absolute Gasteiger partial charge is 0.250 e. The molecule has 0 N–H and O–H groups in total. The predicted molar refractivity (Wildman–Crippen MR) is 48.0 cm³/mol. The van der Waals surface area contributed by atoms with Crippen molar-refractivity contribution in [3.8, 4) is 0 Å². The second-order valence-corrected chi connectivity index (χ2v) is 3.88. The van der Waals surface area contributed by atoms with Crippen molar-refractivity contribution >= 4 is 17.4 Å². The van der Waals surface area contributed by atoms with Gasteiger partial charge in [0.1, 0.15) is 5.54 Å². The van der Waals surface area contributed by atoms with Gasteiger partial charge in [0.2, 0.25) is 6.08 Å². The van der Waals surface area contributed by atoms with Gasteiger partial charge in [0.15, 0.2) is 0 Å². The van der Waals surface area contributed by atoms with E-state index in [2.05, 4.69) is 9.98 Å². The van der Waals surface area contributed by atoms with E-state index in [1.54, 1.807) is 11.6 Å². The quantitative estimate of drug-likeness (QED) is 0.518. The van der Waals surface area contributed by atoms with Crippen LogP contribution < -0.4 is 0 Å². The zero-order chi connectivity index (χ0) is 9.19. The number of hydrogen-bond acceptors (Lipinski definition) is 4. The van der Waals surface area contributed by atoms with Gasteiger partial charge in [-0.15, -0.1) is 11.3 Å². The van der Waals surface area contributed by atoms with Crippen LogP contribution in [0.3, 0.4) is 0 Å². The number of isocyanates is 1. The minimum atomic E-state index is -0.479. The van der Waals surface area contributed by atoms with Crippen molar-refractivity contribution < 1.29 is 4.79 Å². The Morgan fingerprint density at radius 3 is 2.75 bits per heavy atom. The van der Waals surface area contributed by atoms with Gasteiger partial charge in [-0.05, 0) is 20.8 Å². The van der Waals surface area contributed by atoms with Gasteiger partial charge in [0, 0.05) is 0 Å². The minimum Gasteiger partial charge on any atom is -0.250 e. The van der Waals surface area contributed by atoms with Gasteiger partial charge in [0.05, 0.1) is 16.1 Å². The first kappa shape index (κ1) is 9.10. The molecule has 0 aliphatic carbocycles. The molecule has 12 heavy (non-hydrogen) atoms. The van der Waals surface area contributed by atoms with Crippen molar-refractivity contribution in [1.82, 2.24) is 4.98 Å². The maximum absolute atomic E-state index is 10.1. The Kier molecular flexibility index (Phi) is 2.40. The van der Waals surface area contributed by atoms with Crippen molar-refractivity contribution in [1.29, 1.82) is 0 Å². The lowest BCUT2D eigenvalue weighted by Gasteiger charge is -2.15. The Morgan fingerprint density at radius 2 is 2.33 bits per heavy atom. The third-order valence-corrected chi connectivity index (χ3v) is 2.87. The molecule has 0 aromatic carbocycles. The Morgan fingerprint density at radius 1 is 1.67 bits per heavy atom.